The molecule has 0 radical (unpaired) electrons. The fourth-order valence-electron chi connectivity index (χ4n) is 2.43. The second kappa shape index (κ2) is 7.16. The van der Waals surface area contributed by atoms with Gasteiger partial charge in [0, 0.05) is 0 Å². The standard InChI is InChI=1S/C16H13F13O/c1-8(10(2,30)9-6-4-3-5-7-9)11(17,18)12(19,20)13(21,22)14(23,24)15(25,26)16(27,28)29/h3-8,30H,1-2H3. The number of rotatable bonds is 7. The third kappa shape index (κ3) is 3.50. The summed E-state index contributed by atoms with van der Waals surface area (Å²) < 4.78 is 172. The number of benzene rings is 1. The zero-order valence-corrected chi connectivity index (χ0v) is 14.8. The Balaban J connectivity index is 3.56. The Morgan fingerprint density at radius 1 is 0.633 bits per heavy atom. The number of aliphatic hydroxyl groups is 1. The highest BCUT2D eigenvalue weighted by atomic mass is 19.4. The Morgan fingerprint density at radius 3 is 1.37 bits per heavy atom. The summed E-state index contributed by atoms with van der Waals surface area (Å²) in [6.07, 6.45) is -7.47. The van der Waals surface area contributed by atoms with Gasteiger partial charge in [-0.25, -0.2) is 0 Å². The van der Waals surface area contributed by atoms with Crippen molar-refractivity contribution in [2.75, 3.05) is 0 Å². The maximum absolute atomic E-state index is 14.2. The topological polar surface area (TPSA) is 20.2 Å². The number of halogens is 13. The Bertz CT molecular complexity index is 737. The van der Waals surface area contributed by atoms with E-state index in [0.29, 0.717) is 6.92 Å². The van der Waals surface area contributed by atoms with Crippen LogP contribution in [0.2, 0.25) is 0 Å². The van der Waals surface area contributed by atoms with Crippen LogP contribution >= 0.6 is 0 Å². The zero-order chi connectivity index (χ0) is 24.2. The molecule has 30 heavy (non-hydrogen) atoms. The molecule has 0 aliphatic carbocycles. The molecule has 2 unspecified atom stereocenters. The van der Waals surface area contributed by atoms with Crippen LogP contribution in [0, 0.1) is 5.92 Å². The average molecular weight is 468 g/mol. The SMILES string of the molecule is CC(C(C)(O)c1ccccc1)C(F)(F)C(F)(F)C(F)(F)C(F)(F)C(F)(F)C(F)(F)F. The fourth-order valence-corrected chi connectivity index (χ4v) is 2.43. The lowest BCUT2D eigenvalue weighted by Gasteiger charge is -2.44. The lowest BCUT2D eigenvalue weighted by Crippen LogP contribution is -2.71. The fraction of sp³-hybridized carbons (Fsp3) is 0.625. The van der Waals surface area contributed by atoms with Crippen LogP contribution in [0.4, 0.5) is 57.1 Å². The molecule has 0 aromatic heterocycles. The molecule has 1 rings (SSSR count). The summed E-state index contributed by atoms with van der Waals surface area (Å²) in [6, 6.07) is 5.20. The van der Waals surface area contributed by atoms with Gasteiger partial charge < -0.3 is 5.11 Å². The Morgan fingerprint density at radius 2 is 1.00 bits per heavy atom. The van der Waals surface area contributed by atoms with Crippen LogP contribution in [0.25, 0.3) is 0 Å². The van der Waals surface area contributed by atoms with Crippen molar-refractivity contribution >= 4 is 0 Å². The first-order valence-corrected chi connectivity index (χ1v) is 7.75. The van der Waals surface area contributed by atoms with Crippen molar-refractivity contribution in [1.82, 2.24) is 0 Å². The molecule has 1 aromatic carbocycles. The molecule has 1 aromatic rings. The molecular formula is C16H13F13O. The van der Waals surface area contributed by atoms with Crippen LogP contribution in [0.1, 0.15) is 19.4 Å². The molecule has 0 amide bonds. The van der Waals surface area contributed by atoms with Gasteiger partial charge in [0.05, 0.1) is 11.5 Å². The van der Waals surface area contributed by atoms with Crippen molar-refractivity contribution in [3.63, 3.8) is 0 Å². The molecule has 0 aliphatic heterocycles. The molecular weight excluding hydrogens is 455 g/mol. The van der Waals surface area contributed by atoms with E-state index in [2.05, 4.69) is 0 Å². The minimum Gasteiger partial charge on any atom is -0.385 e. The average Bonchev–Trinajstić information content (AvgIpc) is 2.60. The van der Waals surface area contributed by atoms with Gasteiger partial charge in [-0.1, -0.05) is 37.3 Å². The van der Waals surface area contributed by atoms with E-state index in [0.717, 1.165) is 24.3 Å². The van der Waals surface area contributed by atoms with E-state index in [9.17, 15) is 62.2 Å². The van der Waals surface area contributed by atoms with Crippen molar-refractivity contribution in [1.29, 1.82) is 0 Å². The van der Waals surface area contributed by atoms with E-state index < -0.39 is 52.9 Å². The molecule has 0 fully saturated rings. The van der Waals surface area contributed by atoms with Crippen molar-refractivity contribution < 1.29 is 62.2 Å². The highest BCUT2D eigenvalue weighted by Crippen LogP contribution is 2.62. The number of hydrogen-bond acceptors (Lipinski definition) is 1. The van der Waals surface area contributed by atoms with Gasteiger partial charge in [-0.15, -0.1) is 0 Å². The Kier molecular flexibility index (Phi) is 6.28. The van der Waals surface area contributed by atoms with Gasteiger partial charge in [-0.05, 0) is 12.5 Å². The van der Waals surface area contributed by atoms with Gasteiger partial charge in [0.2, 0.25) is 0 Å². The molecule has 0 bridgehead atoms. The smallest absolute Gasteiger partial charge is 0.385 e. The molecule has 0 heterocycles. The largest absolute Gasteiger partial charge is 0.460 e. The van der Waals surface area contributed by atoms with Gasteiger partial charge in [0.15, 0.2) is 0 Å². The molecule has 0 saturated carbocycles. The predicted molar refractivity (Wildman–Crippen MR) is 76.0 cm³/mol. The van der Waals surface area contributed by atoms with Crippen LogP contribution in [-0.4, -0.2) is 40.9 Å². The third-order valence-electron chi connectivity index (χ3n) is 4.70. The van der Waals surface area contributed by atoms with E-state index in [1.54, 1.807) is 0 Å². The predicted octanol–water partition coefficient (Wildman–Crippen LogP) is 6.27. The molecule has 1 nitrogen and oxygen atoms in total. The lowest BCUT2D eigenvalue weighted by molar-refractivity contribution is -0.445. The van der Waals surface area contributed by atoms with Gasteiger partial charge in [-0.2, -0.15) is 57.1 Å². The van der Waals surface area contributed by atoms with Crippen LogP contribution in [0.3, 0.4) is 0 Å². The van der Waals surface area contributed by atoms with Crippen LogP contribution in [0.15, 0.2) is 30.3 Å². The van der Waals surface area contributed by atoms with E-state index >= 15 is 0 Å². The van der Waals surface area contributed by atoms with Crippen LogP contribution in [0.5, 0.6) is 0 Å². The van der Waals surface area contributed by atoms with E-state index in [1.807, 2.05) is 0 Å². The molecule has 1 N–H and O–H groups in total. The second-order valence-corrected chi connectivity index (χ2v) is 6.65. The maximum Gasteiger partial charge on any atom is 0.460 e. The van der Waals surface area contributed by atoms with Crippen molar-refractivity contribution in [2.45, 2.75) is 55.2 Å². The summed E-state index contributed by atoms with van der Waals surface area (Å²) in [5, 5.41) is 10.1. The summed E-state index contributed by atoms with van der Waals surface area (Å²) in [7, 11) is 0. The normalized spacial score (nSPS) is 18.1. The third-order valence-corrected chi connectivity index (χ3v) is 4.70. The monoisotopic (exact) mass is 468 g/mol. The molecule has 14 heteroatoms. The first-order valence-electron chi connectivity index (χ1n) is 7.75. The summed E-state index contributed by atoms with van der Waals surface area (Å²) in [6.45, 7) is 0.425. The first kappa shape index (κ1) is 26.3. The molecule has 0 saturated heterocycles. The maximum atomic E-state index is 14.2. The minimum absolute atomic E-state index is 0.0109. The van der Waals surface area contributed by atoms with Crippen molar-refractivity contribution in [3.05, 3.63) is 35.9 Å². The van der Waals surface area contributed by atoms with Gasteiger partial charge >= 0.3 is 35.8 Å². The van der Waals surface area contributed by atoms with E-state index in [-0.39, 0.29) is 6.92 Å². The van der Waals surface area contributed by atoms with E-state index in [1.165, 1.54) is 6.07 Å². The number of alkyl halides is 13. The van der Waals surface area contributed by atoms with Gasteiger partial charge in [-0.3, -0.25) is 0 Å². The van der Waals surface area contributed by atoms with Gasteiger partial charge in [0.1, 0.15) is 0 Å². The van der Waals surface area contributed by atoms with Crippen molar-refractivity contribution in [3.8, 4) is 0 Å². The highest BCUT2D eigenvalue weighted by molar-refractivity contribution is 5.24. The summed E-state index contributed by atoms with van der Waals surface area (Å²) in [5.74, 6) is -40.8. The summed E-state index contributed by atoms with van der Waals surface area (Å²) >= 11 is 0. The lowest BCUT2D eigenvalue weighted by atomic mass is 9.76. The second-order valence-electron chi connectivity index (χ2n) is 6.65. The molecule has 174 valence electrons. The molecule has 0 aliphatic rings. The van der Waals surface area contributed by atoms with Crippen LogP contribution in [-0.2, 0) is 5.60 Å². The Labute approximate surface area is 160 Å². The Hall–Kier alpha value is -1.73. The van der Waals surface area contributed by atoms with Crippen molar-refractivity contribution in [2.24, 2.45) is 5.92 Å². The minimum atomic E-state index is -7.97. The first-order chi connectivity index (χ1) is 13.0. The van der Waals surface area contributed by atoms with Gasteiger partial charge in [0.25, 0.3) is 0 Å². The zero-order valence-electron chi connectivity index (χ0n) is 14.8. The highest BCUT2D eigenvalue weighted by Gasteiger charge is 2.91. The molecule has 0 spiro atoms. The molecule has 2 atom stereocenters. The quantitative estimate of drug-likeness (QED) is 0.468. The summed E-state index contributed by atoms with van der Waals surface area (Å²) in [5.41, 5.74) is -3.70. The van der Waals surface area contributed by atoms with Crippen LogP contribution < -0.4 is 0 Å². The van der Waals surface area contributed by atoms with E-state index in [4.69, 9.17) is 0 Å². The number of hydrogen-bond donors (Lipinski definition) is 1. The summed E-state index contributed by atoms with van der Waals surface area (Å²) in [4.78, 5) is 0.